The lowest BCUT2D eigenvalue weighted by molar-refractivity contribution is 0.174. The third kappa shape index (κ3) is 3.31. The Morgan fingerprint density at radius 2 is 2.10 bits per heavy atom. The fourth-order valence-electron chi connectivity index (χ4n) is 3.19. The van der Waals surface area contributed by atoms with Gasteiger partial charge >= 0.3 is 0 Å². The Balaban J connectivity index is 1.66. The van der Waals surface area contributed by atoms with E-state index < -0.39 is 0 Å². The molecule has 1 aromatic rings. The second kappa shape index (κ2) is 6.22. The first kappa shape index (κ1) is 14.6. The summed E-state index contributed by atoms with van der Waals surface area (Å²) in [6, 6.07) is 6.56. The minimum Gasteiger partial charge on any atom is -0.454 e. The van der Waals surface area contributed by atoms with Crippen LogP contribution in [0.3, 0.4) is 0 Å². The van der Waals surface area contributed by atoms with E-state index in [1.54, 1.807) is 0 Å². The van der Waals surface area contributed by atoms with Crippen LogP contribution in [0.15, 0.2) is 18.2 Å². The van der Waals surface area contributed by atoms with E-state index in [1.807, 2.05) is 18.2 Å². The molecular formula is C16H25N3O2. The van der Waals surface area contributed by atoms with Gasteiger partial charge in [-0.05, 0) is 51.2 Å². The van der Waals surface area contributed by atoms with Gasteiger partial charge in [-0.3, -0.25) is 4.90 Å². The molecule has 3 rings (SSSR count). The Labute approximate surface area is 126 Å². The lowest BCUT2D eigenvalue weighted by Crippen LogP contribution is -2.41. The van der Waals surface area contributed by atoms with Gasteiger partial charge in [-0.25, -0.2) is 0 Å². The number of nitrogens with zero attached hydrogens (tertiary/aromatic N) is 2. The van der Waals surface area contributed by atoms with E-state index in [0.717, 1.165) is 36.7 Å². The first-order valence-corrected chi connectivity index (χ1v) is 7.71. The van der Waals surface area contributed by atoms with Crippen molar-refractivity contribution in [3.63, 3.8) is 0 Å². The molecule has 1 saturated heterocycles. The smallest absolute Gasteiger partial charge is 0.231 e. The van der Waals surface area contributed by atoms with Crippen molar-refractivity contribution in [1.82, 2.24) is 9.80 Å². The molecule has 1 fully saturated rings. The van der Waals surface area contributed by atoms with Crippen molar-refractivity contribution in [3.05, 3.63) is 23.8 Å². The molecule has 0 radical (unpaired) electrons. The van der Waals surface area contributed by atoms with E-state index in [0.29, 0.717) is 12.8 Å². The highest BCUT2D eigenvalue weighted by molar-refractivity contribution is 5.45. The van der Waals surface area contributed by atoms with Gasteiger partial charge in [0, 0.05) is 25.2 Å². The minimum atomic E-state index is 0.00496. The second-order valence-corrected chi connectivity index (χ2v) is 6.18. The van der Waals surface area contributed by atoms with Crippen LogP contribution in [-0.4, -0.2) is 55.9 Å². The van der Waals surface area contributed by atoms with E-state index >= 15 is 0 Å². The summed E-state index contributed by atoms with van der Waals surface area (Å²) >= 11 is 0. The van der Waals surface area contributed by atoms with Crippen LogP contribution in [0.2, 0.25) is 0 Å². The van der Waals surface area contributed by atoms with Gasteiger partial charge in [0.2, 0.25) is 6.79 Å². The van der Waals surface area contributed by atoms with Gasteiger partial charge in [0.05, 0.1) is 0 Å². The maximum atomic E-state index is 6.42. The fourth-order valence-corrected chi connectivity index (χ4v) is 3.19. The quantitative estimate of drug-likeness (QED) is 0.913. The van der Waals surface area contributed by atoms with Crippen LogP contribution in [0.5, 0.6) is 11.5 Å². The van der Waals surface area contributed by atoms with Crippen LogP contribution < -0.4 is 15.2 Å². The standard InChI is InChI=1S/C16H25N3O2/c1-12-9-18(2)6-3-7-19(12)10-14(17)13-4-5-15-16(8-13)21-11-20-15/h4-5,8,12,14H,3,6-7,9-11,17H2,1-2H3. The van der Waals surface area contributed by atoms with Gasteiger partial charge < -0.3 is 20.1 Å². The molecule has 1 aromatic carbocycles. The molecule has 0 amide bonds. The third-order valence-corrected chi connectivity index (χ3v) is 4.44. The summed E-state index contributed by atoms with van der Waals surface area (Å²) in [7, 11) is 2.19. The molecule has 5 nitrogen and oxygen atoms in total. The zero-order chi connectivity index (χ0) is 14.8. The van der Waals surface area contributed by atoms with Gasteiger partial charge in [-0.1, -0.05) is 6.07 Å². The summed E-state index contributed by atoms with van der Waals surface area (Å²) in [6.07, 6.45) is 1.20. The first-order chi connectivity index (χ1) is 10.1. The summed E-state index contributed by atoms with van der Waals surface area (Å²) in [6.45, 7) is 6.87. The predicted molar refractivity (Wildman–Crippen MR) is 82.6 cm³/mol. The van der Waals surface area contributed by atoms with Gasteiger partial charge in [0.15, 0.2) is 11.5 Å². The number of benzene rings is 1. The molecule has 21 heavy (non-hydrogen) atoms. The van der Waals surface area contributed by atoms with E-state index in [9.17, 15) is 0 Å². The van der Waals surface area contributed by atoms with Crippen molar-refractivity contribution in [2.75, 3.05) is 40.0 Å². The lowest BCUT2D eigenvalue weighted by Gasteiger charge is -2.30. The highest BCUT2D eigenvalue weighted by atomic mass is 16.7. The summed E-state index contributed by atoms with van der Waals surface area (Å²) in [5.41, 5.74) is 7.53. The van der Waals surface area contributed by atoms with Crippen LogP contribution in [-0.2, 0) is 0 Å². The molecule has 2 unspecified atom stereocenters. The number of hydrogen-bond acceptors (Lipinski definition) is 5. The Morgan fingerprint density at radius 3 is 2.95 bits per heavy atom. The van der Waals surface area contributed by atoms with Gasteiger partial charge in [0.1, 0.15) is 0 Å². The molecule has 2 N–H and O–H groups in total. The van der Waals surface area contributed by atoms with Gasteiger partial charge in [-0.2, -0.15) is 0 Å². The van der Waals surface area contributed by atoms with E-state index in [1.165, 1.54) is 13.0 Å². The lowest BCUT2D eigenvalue weighted by atomic mass is 10.1. The topological polar surface area (TPSA) is 51.0 Å². The van der Waals surface area contributed by atoms with Crippen molar-refractivity contribution < 1.29 is 9.47 Å². The molecule has 0 bridgehead atoms. The average molecular weight is 291 g/mol. The SMILES string of the molecule is CC1CN(C)CCCN1CC(N)c1ccc2c(c1)OCO2. The highest BCUT2D eigenvalue weighted by Gasteiger charge is 2.23. The van der Waals surface area contributed by atoms with Crippen molar-refractivity contribution in [1.29, 1.82) is 0 Å². The summed E-state index contributed by atoms with van der Waals surface area (Å²) in [4.78, 5) is 4.90. The van der Waals surface area contributed by atoms with Crippen molar-refractivity contribution in [3.8, 4) is 11.5 Å². The number of likely N-dealkylation sites (N-methyl/N-ethyl adjacent to an activating group) is 1. The van der Waals surface area contributed by atoms with Gasteiger partial charge in [0.25, 0.3) is 0 Å². The highest BCUT2D eigenvalue weighted by Crippen LogP contribution is 2.34. The van der Waals surface area contributed by atoms with Crippen molar-refractivity contribution >= 4 is 0 Å². The summed E-state index contributed by atoms with van der Waals surface area (Å²) < 4.78 is 10.8. The largest absolute Gasteiger partial charge is 0.454 e. The average Bonchev–Trinajstić information content (AvgIpc) is 2.86. The maximum absolute atomic E-state index is 6.42. The molecule has 2 aliphatic heterocycles. The Morgan fingerprint density at radius 1 is 1.29 bits per heavy atom. The van der Waals surface area contributed by atoms with Crippen LogP contribution in [0.25, 0.3) is 0 Å². The number of ether oxygens (including phenoxy) is 2. The molecule has 0 saturated carbocycles. The van der Waals surface area contributed by atoms with Gasteiger partial charge in [-0.15, -0.1) is 0 Å². The normalized spacial score (nSPS) is 24.8. The third-order valence-electron chi connectivity index (χ3n) is 4.44. The zero-order valence-corrected chi connectivity index (χ0v) is 12.9. The van der Waals surface area contributed by atoms with Crippen molar-refractivity contribution in [2.24, 2.45) is 5.73 Å². The monoisotopic (exact) mass is 291 g/mol. The molecule has 2 atom stereocenters. The summed E-state index contributed by atoms with van der Waals surface area (Å²) in [5, 5.41) is 0. The minimum absolute atomic E-state index is 0.00496. The number of nitrogens with two attached hydrogens (primary N) is 1. The molecule has 5 heteroatoms. The van der Waals surface area contributed by atoms with Crippen LogP contribution in [0, 0.1) is 0 Å². The summed E-state index contributed by atoms with van der Waals surface area (Å²) in [5.74, 6) is 1.63. The number of hydrogen-bond donors (Lipinski definition) is 1. The number of fused-ring (bicyclic) bond motifs is 1. The molecule has 0 aromatic heterocycles. The Kier molecular flexibility index (Phi) is 4.33. The van der Waals surface area contributed by atoms with Crippen LogP contribution in [0.1, 0.15) is 24.9 Å². The number of rotatable bonds is 3. The molecule has 116 valence electrons. The Bertz CT molecular complexity index is 494. The predicted octanol–water partition coefficient (Wildman–Crippen LogP) is 1.44. The maximum Gasteiger partial charge on any atom is 0.231 e. The van der Waals surface area contributed by atoms with E-state index in [4.69, 9.17) is 15.2 Å². The zero-order valence-electron chi connectivity index (χ0n) is 12.9. The Hall–Kier alpha value is -1.30. The molecular weight excluding hydrogens is 266 g/mol. The van der Waals surface area contributed by atoms with Crippen LogP contribution in [0.4, 0.5) is 0 Å². The first-order valence-electron chi connectivity index (χ1n) is 7.71. The second-order valence-electron chi connectivity index (χ2n) is 6.18. The van der Waals surface area contributed by atoms with E-state index in [-0.39, 0.29) is 6.04 Å². The van der Waals surface area contributed by atoms with E-state index in [2.05, 4.69) is 23.8 Å². The molecule has 2 aliphatic rings. The van der Waals surface area contributed by atoms with Crippen molar-refractivity contribution in [2.45, 2.75) is 25.4 Å². The van der Waals surface area contributed by atoms with Crippen LogP contribution >= 0.6 is 0 Å². The fraction of sp³-hybridized carbons (Fsp3) is 0.625. The molecule has 0 spiro atoms. The molecule has 2 heterocycles. The molecule has 0 aliphatic carbocycles.